The van der Waals surface area contributed by atoms with E-state index in [9.17, 15) is 4.79 Å². The number of para-hydroxylation sites is 1. The zero-order valence-electron chi connectivity index (χ0n) is 8.94. The molecule has 1 aromatic heterocycles. The lowest BCUT2D eigenvalue weighted by Crippen LogP contribution is -2.05. The Morgan fingerprint density at radius 2 is 1.88 bits per heavy atom. The van der Waals surface area contributed by atoms with Crippen molar-refractivity contribution in [1.29, 1.82) is 0 Å². The SMILES string of the molecule is NC1=Cc2[nH]c(=O)ccc2Oc2ccccc21. The molecular weight excluding hydrogens is 216 g/mol. The molecule has 17 heavy (non-hydrogen) atoms. The van der Waals surface area contributed by atoms with Gasteiger partial charge in [-0.2, -0.15) is 0 Å². The average molecular weight is 226 g/mol. The summed E-state index contributed by atoms with van der Waals surface area (Å²) < 4.78 is 5.73. The second-order valence-electron chi connectivity index (χ2n) is 3.80. The van der Waals surface area contributed by atoms with Crippen LogP contribution in [0.3, 0.4) is 0 Å². The number of hydrogen-bond donors (Lipinski definition) is 2. The van der Waals surface area contributed by atoms with Gasteiger partial charge in [0.1, 0.15) is 5.75 Å². The van der Waals surface area contributed by atoms with Crippen LogP contribution in [0.1, 0.15) is 11.3 Å². The number of ether oxygens (including phenoxy) is 1. The van der Waals surface area contributed by atoms with Crippen molar-refractivity contribution in [2.75, 3.05) is 0 Å². The minimum Gasteiger partial charge on any atom is -0.454 e. The molecule has 0 atom stereocenters. The molecule has 1 aliphatic rings. The van der Waals surface area contributed by atoms with Gasteiger partial charge in [0.05, 0.1) is 5.69 Å². The summed E-state index contributed by atoms with van der Waals surface area (Å²) in [6, 6.07) is 10.6. The molecule has 0 saturated heterocycles. The van der Waals surface area contributed by atoms with Crippen molar-refractivity contribution in [3.05, 3.63) is 58.0 Å². The number of H-pyrrole nitrogens is 1. The molecule has 4 nitrogen and oxygen atoms in total. The lowest BCUT2D eigenvalue weighted by molar-refractivity contribution is 0.478. The minimum absolute atomic E-state index is 0.178. The van der Waals surface area contributed by atoms with Gasteiger partial charge in [-0.05, 0) is 24.3 Å². The number of benzene rings is 1. The Hall–Kier alpha value is -2.49. The monoisotopic (exact) mass is 226 g/mol. The van der Waals surface area contributed by atoms with Crippen LogP contribution >= 0.6 is 0 Å². The maximum atomic E-state index is 11.3. The van der Waals surface area contributed by atoms with E-state index in [1.165, 1.54) is 6.07 Å². The average Bonchev–Trinajstić information content (AvgIpc) is 2.46. The van der Waals surface area contributed by atoms with Gasteiger partial charge in [0.15, 0.2) is 5.75 Å². The van der Waals surface area contributed by atoms with Crippen LogP contribution in [0, 0.1) is 0 Å². The Bertz CT molecular complexity index is 671. The van der Waals surface area contributed by atoms with Crippen LogP contribution in [-0.2, 0) is 0 Å². The van der Waals surface area contributed by atoms with Crippen LogP contribution in [0.25, 0.3) is 11.8 Å². The number of nitrogens with one attached hydrogen (secondary N) is 1. The summed E-state index contributed by atoms with van der Waals surface area (Å²) in [7, 11) is 0. The van der Waals surface area contributed by atoms with Crippen LogP contribution in [-0.4, -0.2) is 4.98 Å². The van der Waals surface area contributed by atoms with Crippen LogP contribution in [0.4, 0.5) is 0 Å². The quantitative estimate of drug-likeness (QED) is 0.721. The molecule has 2 aromatic rings. The van der Waals surface area contributed by atoms with E-state index in [-0.39, 0.29) is 5.56 Å². The van der Waals surface area contributed by atoms with Crippen LogP contribution in [0.5, 0.6) is 11.5 Å². The van der Waals surface area contributed by atoms with Gasteiger partial charge < -0.3 is 15.5 Å². The topological polar surface area (TPSA) is 68.1 Å². The predicted octanol–water partition coefficient (Wildman–Crippen LogP) is 1.94. The first-order valence-electron chi connectivity index (χ1n) is 5.22. The number of aromatic amines is 1. The predicted molar refractivity (Wildman–Crippen MR) is 65.6 cm³/mol. The van der Waals surface area contributed by atoms with Gasteiger partial charge in [-0.15, -0.1) is 0 Å². The van der Waals surface area contributed by atoms with E-state index in [0.29, 0.717) is 22.9 Å². The molecule has 1 aromatic carbocycles. The number of hydrogen-bond acceptors (Lipinski definition) is 3. The van der Waals surface area contributed by atoms with Crippen LogP contribution in [0.15, 0.2) is 41.2 Å². The van der Waals surface area contributed by atoms with E-state index in [2.05, 4.69) is 4.98 Å². The molecule has 0 bridgehead atoms. The third kappa shape index (κ3) is 1.59. The molecule has 2 heterocycles. The van der Waals surface area contributed by atoms with Crippen molar-refractivity contribution in [2.45, 2.75) is 0 Å². The molecule has 84 valence electrons. The van der Waals surface area contributed by atoms with Crippen LogP contribution < -0.4 is 16.0 Å². The molecule has 1 aliphatic heterocycles. The van der Waals surface area contributed by atoms with Gasteiger partial charge in [-0.3, -0.25) is 4.79 Å². The summed E-state index contributed by atoms with van der Waals surface area (Å²) in [5.74, 6) is 1.28. The lowest BCUT2D eigenvalue weighted by Gasteiger charge is -2.08. The highest BCUT2D eigenvalue weighted by Crippen LogP contribution is 2.34. The molecule has 0 spiro atoms. The van der Waals surface area contributed by atoms with Crippen molar-refractivity contribution in [3.63, 3.8) is 0 Å². The molecule has 0 radical (unpaired) electrons. The number of aromatic nitrogens is 1. The first kappa shape index (κ1) is 9.72. The highest BCUT2D eigenvalue weighted by atomic mass is 16.5. The van der Waals surface area contributed by atoms with E-state index in [1.807, 2.05) is 24.3 Å². The van der Waals surface area contributed by atoms with Crippen molar-refractivity contribution >= 4 is 11.8 Å². The third-order valence-corrected chi connectivity index (χ3v) is 2.63. The molecule has 0 unspecified atom stereocenters. The van der Waals surface area contributed by atoms with E-state index in [0.717, 1.165) is 5.56 Å². The number of rotatable bonds is 0. The first-order valence-corrected chi connectivity index (χ1v) is 5.22. The molecule has 3 N–H and O–H groups in total. The van der Waals surface area contributed by atoms with E-state index in [4.69, 9.17) is 10.5 Å². The zero-order chi connectivity index (χ0) is 11.8. The second kappa shape index (κ2) is 3.52. The summed E-state index contributed by atoms with van der Waals surface area (Å²) in [4.78, 5) is 13.9. The number of pyridine rings is 1. The fraction of sp³-hybridized carbons (Fsp3) is 0. The summed E-state index contributed by atoms with van der Waals surface area (Å²) in [5.41, 5.74) is 7.78. The fourth-order valence-corrected chi connectivity index (χ4v) is 1.82. The largest absolute Gasteiger partial charge is 0.454 e. The van der Waals surface area contributed by atoms with Crippen molar-refractivity contribution in [1.82, 2.24) is 4.98 Å². The van der Waals surface area contributed by atoms with Gasteiger partial charge in [0.2, 0.25) is 5.56 Å². The van der Waals surface area contributed by atoms with Gasteiger partial charge in [0, 0.05) is 17.3 Å². The Morgan fingerprint density at radius 3 is 2.76 bits per heavy atom. The third-order valence-electron chi connectivity index (χ3n) is 2.63. The highest BCUT2D eigenvalue weighted by molar-refractivity contribution is 5.84. The lowest BCUT2D eigenvalue weighted by atomic mass is 10.1. The standard InChI is InChI=1S/C13H10N2O2/c14-9-7-10-12(5-6-13(16)15-10)17-11-4-2-1-3-8(9)11/h1-7H,14H2,(H,15,16). The van der Waals surface area contributed by atoms with E-state index >= 15 is 0 Å². The Balaban J connectivity index is 2.27. The summed E-state index contributed by atoms with van der Waals surface area (Å²) in [6.45, 7) is 0. The molecule has 3 rings (SSSR count). The number of fused-ring (bicyclic) bond motifs is 2. The Labute approximate surface area is 97.4 Å². The first-order chi connectivity index (χ1) is 8.24. The fourth-order valence-electron chi connectivity index (χ4n) is 1.82. The zero-order valence-corrected chi connectivity index (χ0v) is 8.94. The molecular formula is C13H10N2O2. The maximum Gasteiger partial charge on any atom is 0.248 e. The van der Waals surface area contributed by atoms with Crippen molar-refractivity contribution in [2.24, 2.45) is 5.73 Å². The maximum absolute atomic E-state index is 11.3. The van der Waals surface area contributed by atoms with Gasteiger partial charge >= 0.3 is 0 Å². The van der Waals surface area contributed by atoms with Crippen molar-refractivity contribution in [3.8, 4) is 11.5 Å². The van der Waals surface area contributed by atoms with E-state index in [1.54, 1.807) is 12.1 Å². The van der Waals surface area contributed by atoms with E-state index < -0.39 is 0 Å². The van der Waals surface area contributed by atoms with Gasteiger partial charge in [-0.25, -0.2) is 0 Å². The Morgan fingerprint density at radius 1 is 1.06 bits per heavy atom. The normalized spacial score (nSPS) is 12.8. The summed E-state index contributed by atoms with van der Waals surface area (Å²) in [6.07, 6.45) is 1.71. The number of nitrogens with two attached hydrogens (primary N) is 1. The van der Waals surface area contributed by atoms with Crippen molar-refractivity contribution < 1.29 is 4.74 Å². The molecule has 4 heteroatoms. The summed E-state index contributed by atoms with van der Waals surface area (Å²) >= 11 is 0. The smallest absolute Gasteiger partial charge is 0.248 e. The highest BCUT2D eigenvalue weighted by Gasteiger charge is 2.14. The molecule has 0 amide bonds. The molecule has 0 saturated carbocycles. The van der Waals surface area contributed by atoms with Gasteiger partial charge in [-0.1, -0.05) is 12.1 Å². The summed E-state index contributed by atoms with van der Waals surface area (Å²) in [5, 5.41) is 0. The van der Waals surface area contributed by atoms with Gasteiger partial charge in [0.25, 0.3) is 0 Å². The van der Waals surface area contributed by atoms with Crippen LogP contribution in [0.2, 0.25) is 0 Å². The molecule has 0 aliphatic carbocycles. The Kier molecular flexibility index (Phi) is 2.01. The second-order valence-corrected chi connectivity index (χ2v) is 3.80. The molecule has 0 fully saturated rings. The minimum atomic E-state index is -0.178.